The smallest absolute Gasteiger partial charge is 0.0409 e. The van der Waals surface area contributed by atoms with Crippen molar-refractivity contribution >= 4 is 11.6 Å². The molecular formula is C11H17ClN2. The van der Waals surface area contributed by atoms with Crippen LogP contribution in [-0.4, -0.2) is 6.54 Å². The number of hydrogen-bond donors (Lipinski definition) is 2. The lowest BCUT2D eigenvalue weighted by Gasteiger charge is -2.11. The number of nitrogens with two attached hydrogens (primary N) is 2. The molecule has 0 aliphatic heterocycles. The van der Waals surface area contributed by atoms with Crippen LogP contribution < -0.4 is 11.5 Å². The van der Waals surface area contributed by atoms with Gasteiger partial charge in [0.2, 0.25) is 0 Å². The van der Waals surface area contributed by atoms with Gasteiger partial charge in [0.25, 0.3) is 0 Å². The molecule has 1 unspecified atom stereocenters. The molecule has 1 aromatic carbocycles. The molecule has 3 heteroatoms. The molecule has 0 spiro atoms. The van der Waals surface area contributed by atoms with Crippen LogP contribution in [0.25, 0.3) is 0 Å². The van der Waals surface area contributed by atoms with Gasteiger partial charge >= 0.3 is 0 Å². The molecule has 4 N–H and O–H groups in total. The van der Waals surface area contributed by atoms with E-state index in [2.05, 4.69) is 0 Å². The molecule has 0 amide bonds. The summed E-state index contributed by atoms with van der Waals surface area (Å²) >= 11 is 5.87. The molecule has 1 atom stereocenters. The molecule has 0 heterocycles. The highest BCUT2D eigenvalue weighted by Gasteiger charge is 2.05. The van der Waals surface area contributed by atoms with Crippen LogP contribution in [-0.2, 0) is 0 Å². The number of unbranched alkanes of at least 4 members (excludes halogenated alkanes) is 1. The van der Waals surface area contributed by atoms with Crippen molar-refractivity contribution in [3.05, 3.63) is 34.9 Å². The molecular weight excluding hydrogens is 196 g/mol. The Balaban J connectivity index is 2.47. The average Bonchev–Trinajstić information content (AvgIpc) is 2.18. The first kappa shape index (κ1) is 11.5. The van der Waals surface area contributed by atoms with E-state index >= 15 is 0 Å². The maximum absolute atomic E-state index is 6.01. The molecule has 0 fully saturated rings. The molecule has 0 saturated carbocycles. The minimum Gasteiger partial charge on any atom is -0.330 e. The van der Waals surface area contributed by atoms with E-state index in [0.29, 0.717) is 0 Å². The van der Waals surface area contributed by atoms with Crippen molar-refractivity contribution in [2.45, 2.75) is 25.3 Å². The van der Waals surface area contributed by atoms with Crippen molar-refractivity contribution in [3.8, 4) is 0 Å². The van der Waals surface area contributed by atoms with E-state index in [4.69, 9.17) is 23.1 Å². The Morgan fingerprint density at radius 3 is 2.71 bits per heavy atom. The molecule has 78 valence electrons. The summed E-state index contributed by atoms with van der Waals surface area (Å²) in [6.07, 6.45) is 3.08. The summed E-state index contributed by atoms with van der Waals surface area (Å²) in [5.74, 6) is 0. The molecule has 1 rings (SSSR count). The standard InChI is InChI=1S/C11H17ClN2/c12-10-5-3-4-9(8-10)11(14)6-1-2-7-13/h3-5,8,11H,1-2,6-7,13-14H2. The molecule has 0 aromatic heterocycles. The lowest BCUT2D eigenvalue weighted by Crippen LogP contribution is -2.10. The van der Waals surface area contributed by atoms with Crippen molar-refractivity contribution in [2.75, 3.05) is 6.54 Å². The lowest BCUT2D eigenvalue weighted by atomic mass is 10.0. The van der Waals surface area contributed by atoms with Crippen molar-refractivity contribution in [1.29, 1.82) is 0 Å². The Labute approximate surface area is 90.2 Å². The number of benzene rings is 1. The minimum atomic E-state index is 0.0836. The highest BCUT2D eigenvalue weighted by atomic mass is 35.5. The Bertz CT molecular complexity index is 276. The average molecular weight is 213 g/mol. The predicted molar refractivity (Wildman–Crippen MR) is 61.3 cm³/mol. The number of rotatable bonds is 5. The minimum absolute atomic E-state index is 0.0836. The van der Waals surface area contributed by atoms with Crippen LogP contribution in [0.4, 0.5) is 0 Å². The van der Waals surface area contributed by atoms with E-state index in [1.165, 1.54) is 0 Å². The van der Waals surface area contributed by atoms with Gasteiger partial charge in [0.15, 0.2) is 0 Å². The zero-order valence-corrected chi connectivity index (χ0v) is 9.00. The summed E-state index contributed by atoms with van der Waals surface area (Å²) in [6.45, 7) is 0.738. The van der Waals surface area contributed by atoms with E-state index < -0.39 is 0 Å². The monoisotopic (exact) mass is 212 g/mol. The second-order valence-electron chi connectivity index (χ2n) is 3.45. The topological polar surface area (TPSA) is 52.0 Å². The van der Waals surface area contributed by atoms with Gasteiger partial charge in [-0.05, 0) is 37.1 Å². The van der Waals surface area contributed by atoms with Gasteiger partial charge in [-0.3, -0.25) is 0 Å². The summed E-state index contributed by atoms with van der Waals surface area (Å²) in [5, 5.41) is 0.747. The SMILES string of the molecule is NCCCCC(N)c1cccc(Cl)c1. The van der Waals surface area contributed by atoms with Gasteiger partial charge in [0, 0.05) is 11.1 Å². The van der Waals surface area contributed by atoms with E-state index in [1.54, 1.807) is 0 Å². The van der Waals surface area contributed by atoms with Gasteiger partial charge in [-0.1, -0.05) is 30.2 Å². The van der Waals surface area contributed by atoms with Crippen molar-refractivity contribution in [3.63, 3.8) is 0 Å². The largest absolute Gasteiger partial charge is 0.330 e. The summed E-state index contributed by atoms with van der Waals surface area (Å²) < 4.78 is 0. The van der Waals surface area contributed by atoms with Crippen LogP contribution in [0.1, 0.15) is 30.9 Å². The third-order valence-corrected chi connectivity index (χ3v) is 2.48. The fraction of sp³-hybridized carbons (Fsp3) is 0.455. The fourth-order valence-electron chi connectivity index (χ4n) is 1.41. The van der Waals surface area contributed by atoms with E-state index in [9.17, 15) is 0 Å². The van der Waals surface area contributed by atoms with Crippen LogP contribution >= 0.6 is 11.6 Å². The first-order chi connectivity index (χ1) is 6.74. The second kappa shape index (κ2) is 6.02. The third-order valence-electron chi connectivity index (χ3n) is 2.25. The number of hydrogen-bond acceptors (Lipinski definition) is 2. The van der Waals surface area contributed by atoms with Gasteiger partial charge in [-0.15, -0.1) is 0 Å². The van der Waals surface area contributed by atoms with Crippen LogP contribution in [0.15, 0.2) is 24.3 Å². The van der Waals surface area contributed by atoms with Crippen LogP contribution in [0.5, 0.6) is 0 Å². The summed E-state index contributed by atoms with van der Waals surface area (Å²) in [4.78, 5) is 0. The van der Waals surface area contributed by atoms with Crippen LogP contribution in [0.2, 0.25) is 5.02 Å². The van der Waals surface area contributed by atoms with Crippen LogP contribution in [0.3, 0.4) is 0 Å². The van der Waals surface area contributed by atoms with Gasteiger partial charge in [0.05, 0.1) is 0 Å². The molecule has 2 nitrogen and oxygen atoms in total. The number of halogens is 1. The maximum atomic E-state index is 6.01. The quantitative estimate of drug-likeness (QED) is 0.737. The summed E-state index contributed by atoms with van der Waals surface area (Å²) in [7, 11) is 0. The highest BCUT2D eigenvalue weighted by Crippen LogP contribution is 2.19. The highest BCUT2D eigenvalue weighted by molar-refractivity contribution is 6.30. The molecule has 0 radical (unpaired) electrons. The Kier molecular flexibility index (Phi) is 4.94. The Hall–Kier alpha value is -0.570. The summed E-state index contributed by atoms with van der Waals surface area (Å²) in [5.41, 5.74) is 12.5. The zero-order valence-electron chi connectivity index (χ0n) is 8.25. The van der Waals surface area contributed by atoms with Gasteiger partial charge in [0.1, 0.15) is 0 Å². The normalized spacial score (nSPS) is 12.8. The molecule has 0 saturated heterocycles. The lowest BCUT2D eigenvalue weighted by molar-refractivity contribution is 0.591. The first-order valence-electron chi connectivity index (χ1n) is 4.95. The van der Waals surface area contributed by atoms with E-state index in [0.717, 1.165) is 36.4 Å². The first-order valence-corrected chi connectivity index (χ1v) is 5.33. The fourth-order valence-corrected chi connectivity index (χ4v) is 1.61. The van der Waals surface area contributed by atoms with Gasteiger partial charge in [-0.2, -0.15) is 0 Å². The Morgan fingerprint density at radius 2 is 2.07 bits per heavy atom. The molecule has 0 aliphatic rings. The summed E-state index contributed by atoms with van der Waals surface area (Å²) in [6, 6.07) is 7.81. The van der Waals surface area contributed by atoms with Crippen molar-refractivity contribution in [1.82, 2.24) is 0 Å². The molecule has 0 bridgehead atoms. The maximum Gasteiger partial charge on any atom is 0.0409 e. The van der Waals surface area contributed by atoms with Crippen molar-refractivity contribution < 1.29 is 0 Å². The van der Waals surface area contributed by atoms with Crippen LogP contribution in [0, 0.1) is 0 Å². The van der Waals surface area contributed by atoms with Gasteiger partial charge in [-0.25, -0.2) is 0 Å². The Morgan fingerprint density at radius 1 is 1.29 bits per heavy atom. The van der Waals surface area contributed by atoms with E-state index in [1.807, 2.05) is 24.3 Å². The second-order valence-corrected chi connectivity index (χ2v) is 3.88. The molecule has 1 aromatic rings. The van der Waals surface area contributed by atoms with Gasteiger partial charge < -0.3 is 11.5 Å². The third kappa shape index (κ3) is 3.66. The predicted octanol–water partition coefficient (Wildman–Crippen LogP) is 2.47. The molecule has 0 aliphatic carbocycles. The molecule has 14 heavy (non-hydrogen) atoms. The zero-order chi connectivity index (χ0) is 10.4. The van der Waals surface area contributed by atoms with Crippen molar-refractivity contribution in [2.24, 2.45) is 11.5 Å². The van der Waals surface area contributed by atoms with E-state index in [-0.39, 0.29) is 6.04 Å².